The number of benzene rings is 1. The fourth-order valence-electron chi connectivity index (χ4n) is 0.867. The fraction of sp³-hybridized carbons (Fsp3) is 0.400. The number of hydrogen-bond donors (Lipinski definition) is 0. The van der Waals surface area contributed by atoms with Gasteiger partial charge in [0.1, 0.15) is 11.6 Å². The zero-order chi connectivity index (χ0) is 9.52. The summed E-state index contributed by atoms with van der Waals surface area (Å²) in [6.07, 6.45) is 0.821. The normalized spacial score (nSPS) is 10.0. The molecule has 0 atom stereocenters. The van der Waals surface area contributed by atoms with Crippen molar-refractivity contribution in [1.29, 1.82) is 0 Å². The van der Waals surface area contributed by atoms with Gasteiger partial charge in [0.25, 0.3) is 0 Å². The summed E-state index contributed by atoms with van der Waals surface area (Å²) in [4.78, 5) is 0. The maximum atomic E-state index is 12.4. The number of ether oxygens (including phenoxy) is 2. The van der Waals surface area contributed by atoms with Crippen LogP contribution < -0.4 is 4.74 Å². The van der Waals surface area contributed by atoms with Gasteiger partial charge in [-0.3, -0.25) is 0 Å². The minimum Gasteiger partial charge on any atom is -0.493 e. The first-order chi connectivity index (χ1) is 6.33. The lowest BCUT2D eigenvalue weighted by atomic mass is 10.3. The zero-order valence-corrected chi connectivity index (χ0v) is 7.55. The third-order valence-electron chi connectivity index (χ3n) is 1.50. The van der Waals surface area contributed by atoms with E-state index in [4.69, 9.17) is 9.47 Å². The van der Waals surface area contributed by atoms with Crippen LogP contribution in [0.1, 0.15) is 6.42 Å². The summed E-state index contributed by atoms with van der Waals surface area (Å²) in [5.41, 5.74) is 0. The van der Waals surface area contributed by atoms with Crippen molar-refractivity contribution < 1.29 is 13.9 Å². The maximum absolute atomic E-state index is 12.4. The van der Waals surface area contributed by atoms with E-state index in [-0.39, 0.29) is 5.82 Å². The molecule has 1 rings (SSSR count). The van der Waals surface area contributed by atoms with Crippen LogP contribution in [0.5, 0.6) is 5.75 Å². The topological polar surface area (TPSA) is 18.5 Å². The lowest BCUT2D eigenvalue weighted by Gasteiger charge is -2.04. The molecule has 1 radical (unpaired) electrons. The predicted octanol–water partition coefficient (Wildman–Crippen LogP) is 2.04. The Hall–Kier alpha value is -1.09. The van der Waals surface area contributed by atoms with Gasteiger partial charge in [-0.2, -0.15) is 0 Å². The molecule has 0 unspecified atom stereocenters. The Morgan fingerprint density at radius 3 is 2.85 bits per heavy atom. The van der Waals surface area contributed by atoms with Crippen molar-refractivity contribution in [2.75, 3.05) is 20.3 Å². The fourth-order valence-corrected chi connectivity index (χ4v) is 0.867. The first-order valence-corrected chi connectivity index (χ1v) is 4.12. The average molecular weight is 183 g/mol. The predicted molar refractivity (Wildman–Crippen MR) is 47.2 cm³/mol. The molecule has 0 saturated carbocycles. The molecule has 0 aliphatic rings. The van der Waals surface area contributed by atoms with Gasteiger partial charge in [0.2, 0.25) is 0 Å². The van der Waals surface area contributed by atoms with E-state index in [1.807, 2.05) is 0 Å². The largest absolute Gasteiger partial charge is 0.493 e. The number of hydrogen-bond acceptors (Lipinski definition) is 2. The number of halogens is 1. The summed E-state index contributed by atoms with van der Waals surface area (Å²) in [6, 6.07) is 6.84. The summed E-state index contributed by atoms with van der Waals surface area (Å²) in [6.45, 7) is 1.23. The molecule has 1 aromatic rings. The zero-order valence-electron chi connectivity index (χ0n) is 7.55. The molecule has 13 heavy (non-hydrogen) atoms. The Balaban J connectivity index is 2.25. The highest BCUT2D eigenvalue weighted by Gasteiger charge is 1.94. The molecule has 0 bridgehead atoms. The van der Waals surface area contributed by atoms with Crippen LogP contribution in [0.2, 0.25) is 0 Å². The van der Waals surface area contributed by atoms with Gasteiger partial charge in [0, 0.05) is 26.2 Å². The Morgan fingerprint density at radius 2 is 2.23 bits per heavy atom. The average Bonchev–Trinajstić information content (AvgIpc) is 2.15. The molecule has 3 heteroatoms. The van der Waals surface area contributed by atoms with E-state index >= 15 is 0 Å². The first kappa shape index (κ1) is 9.99. The van der Waals surface area contributed by atoms with Crippen LogP contribution in [0.15, 0.2) is 18.2 Å². The van der Waals surface area contributed by atoms with Crippen LogP contribution in [0, 0.1) is 11.9 Å². The molecule has 0 N–H and O–H groups in total. The second-order valence-corrected chi connectivity index (χ2v) is 2.57. The van der Waals surface area contributed by atoms with Gasteiger partial charge < -0.3 is 9.47 Å². The SMILES string of the molecule is COCCCOc1[c]cc(F)cc1. The molecule has 0 aromatic heterocycles. The van der Waals surface area contributed by atoms with Gasteiger partial charge in [-0.25, -0.2) is 4.39 Å². The minimum absolute atomic E-state index is 0.302. The Labute approximate surface area is 77.3 Å². The molecule has 0 spiro atoms. The van der Waals surface area contributed by atoms with Crippen molar-refractivity contribution >= 4 is 0 Å². The molecule has 0 saturated heterocycles. The van der Waals surface area contributed by atoms with Crippen LogP contribution in [0.4, 0.5) is 4.39 Å². The van der Waals surface area contributed by atoms with Crippen LogP contribution in [0.25, 0.3) is 0 Å². The first-order valence-electron chi connectivity index (χ1n) is 4.12. The number of rotatable bonds is 5. The molecule has 1 aromatic carbocycles. The highest BCUT2D eigenvalue weighted by atomic mass is 19.1. The third-order valence-corrected chi connectivity index (χ3v) is 1.50. The minimum atomic E-state index is -0.302. The molecule has 0 amide bonds. The van der Waals surface area contributed by atoms with Crippen LogP contribution in [-0.2, 0) is 4.74 Å². The van der Waals surface area contributed by atoms with Crippen molar-refractivity contribution in [3.05, 3.63) is 30.1 Å². The van der Waals surface area contributed by atoms with Gasteiger partial charge in [-0.1, -0.05) is 0 Å². The van der Waals surface area contributed by atoms with Gasteiger partial charge in [0.05, 0.1) is 6.61 Å². The molecular weight excluding hydrogens is 171 g/mol. The van der Waals surface area contributed by atoms with Gasteiger partial charge in [-0.05, 0) is 18.2 Å². The van der Waals surface area contributed by atoms with Gasteiger partial charge >= 0.3 is 0 Å². The Morgan fingerprint density at radius 1 is 1.38 bits per heavy atom. The highest BCUT2D eigenvalue weighted by molar-refractivity contribution is 5.20. The summed E-state index contributed by atoms with van der Waals surface area (Å²) in [5, 5.41) is 0. The van der Waals surface area contributed by atoms with E-state index in [0.29, 0.717) is 19.0 Å². The molecular formula is C10H12FO2. The van der Waals surface area contributed by atoms with E-state index in [2.05, 4.69) is 6.07 Å². The Kier molecular flexibility index (Phi) is 4.26. The van der Waals surface area contributed by atoms with Crippen molar-refractivity contribution in [3.63, 3.8) is 0 Å². The van der Waals surface area contributed by atoms with E-state index < -0.39 is 0 Å². The van der Waals surface area contributed by atoms with E-state index in [1.165, 1.54) is 12.1 Å². The van der Waals surface area contributed by atoms with Crippen LogP contribution >= 0.6 is 0 Å². The van der Waals surface area contributed by atoms with E-state index in [1.54, 1.807) is 13.2 Å². The Bertz CT molecular complexity index is 233. The summed E-state index contributed by atoms with van der Waals surface area (Å²) < 4.78 is 22.5. The van der Waals surface area contributed by atoms with Gasteiger partial charge in [-0.15, -0.1) is 0 Å². The third kappa shape index (κ3) is 3.90. The van der Waals surface area contributed by atoms with Gasteiger partial charge in [0.15, 0.2) is 0 Å². The second-order valence-electron chi connectivity index (χ2n) is 2.57. The van der Waals surface area contributed by atoms with E-state index in [0.717, 1.165) is 6.42 Å². The molecule has 2 nitrogen and oxygen atoms in total. The number of methoxy groups -OCH3 is 1. The monoisotopic (exact) mass is 183 g/mol. The molecule has 71 valence electrons. The second kappa shape index (κ2) is 5.54. The smallest absolute Gasteiger partial charge is 0.127 e. The van der Waals surface area contributed by atoms with Crippen molar-refractivity contribution in [3.8, 4) is 5.75 Å². The van der Waals surface area contributed by atoms with Crippen molar-refractivity contribution in [2.45, 2.75) is 6.42 Å². The summed E-state index contributed by atoms with van der Waals surface area (Å²) in [7, 11) is 1.64. The molecule has 0 aliphatic heterocycles. The summed E-state index contributed by atoms with van der Waals surface area (Å²) >= 11 is 0. The highest BCUT2D eigenvalue weighted by Crippen LogP contribution is 2.09. The molecule has 0 heterocycles. The molecule has 0 aliphatic carbocycles. The quantitative estimate of drug-likeness (QED) is 0.650. The lowest BCUT2D eigenvalue weighted by molar-refractivity contribution is 0.172. The maximum Gasteiger partial charge on any atom is 0.127 e. The van der Waals surface area contributed by atoms with Crippen LogP contribution in [-0.4, -0.2) is 20.3 Å². The lowest BCUT2D eigenvalue weighted by Crippen LogP contribution is -2.01. The van der Waals surface area contributed by atoms with E-state index in [9.17, 15) is 4.39 Å². The van der Waals surface area contributed by atoms with Crippen LogP contribution in [0.3, 0.4) is 0 Å². The summed E-state index contributed by atoms with van der Waals surface area (Å²) in [5.74, 6) is 0.266. The van der Waals surface area contributed by atoms with Crippen molar-refractivity contribution in [1.82, 2.24) is 0 Å². The molecule has 0 fully saturated rings. The van der Waals surface area contributed by atoms with Crippen molar-refractivity contribution in [2.24, 2.45) is 0 Å². The standard InChI is InChI=1S/C10H12FO2/c1-12-7-2-8-13-10-5-3-9(11)4-6-10/h3-5H,2,7-8H2,1H3.